The summed E-state index contributed by atoms with van der Waals surface area (Å²) >= 11 is 0. The zero-order valence-corrected chi connectivity index (χ0v) is 32.2. The summed E-state index contributed by atoms with van der Waals surface area (Å²) in [7, 11) is 0. The lowest BCUT2D eigenvalue weighted by atomic mass is 9.92. The maximum atomic E-state index is 11.5. The zero-order chi connectivity index (χ0) is 39.5. The minimum absolute atomic E-state index is 0.515. The van der Waals surface area contributed by atoms with Crippen LogP contribution in [0.2, 0.25) is 0 Å². The van der Waals surface area contributed by atoms with E-state index < -0.39 is 0 Å². The van der Waals surface area contributed by atoms with Crippen LogP contribution in [0.15, 0.2) is 194 Å². The Morgan fingerprint density at radius 2 is 0.780 bits per heavy atom. The number of hydrogen-bond donors (Lipinski definition) is 0. The lowest BCUT2D eigenvalue weighted by Crippen LogP contribution is -2.10. The molecule has 0 bridgehead atoms. The average molecular weight is 754 g/mol. The number of nitrogens with zero attached hydrogens (tertiary/aromatic N) is 5. The van der Waals surface area contributed by atoms with Crippen molar-refractivity contribution in [2.45, 2.75) is 6.92 Å². The molecule has 0 spiro atoms. The molecule has 0 unspecified atom stereocenters. The van der Waals surface area contributed by atoms with Gasteiger partial charge in [-0.1, -0.05) is 164 Å². The van der Waals surface area contributed by atoms with Crippen LogP contribution in [0.25, 0.3) is 100 Å². The van der Waals surface area contributed by atoms with Crippen LogP contribution in [-0.2, 0) is 0 Å². The third-order valence-electron chi connectivity index (χ3n) is 11.5. The highest BCUT2D eigenvalue weighted by atomic mass is 15.0. The molecule has 0 N–H and O–H groups in total. The first kappa shape index (κ1) is 34.2. The first-order valence-corrected chi connectivity index (χ1v) is 19.8. The monoisotopic (exact) mass is 753 g/mol. The van der Waals surface area contributed by atoms with Crippen molar-refractivity contribution in [2.24, 2.45) is 0 Å². The van der Waals surface area contributed by atoms with Crippen LogP contribution in [0, 0.1) is 18.3 Å². The van der Waals surface area contributed by atoms with Crippen LogP contribution in [0.3, 0.4) is 0 Å². The third-order valence-corrected chi connectivity index (χ3v) is 11.5. The minimum atomic E-state index is 0.515. The molecule has 11 rings (SSSR count). The van der Waals surface area contributed by atoms with E-state index in [1.54, 1.807) is 0 Å². The molecule has 0 aliphatic rings. The van der Waals surface area contributed by atoms with E-state index in [1.807, 2.05) is 48.5 Å². The Hall–Kier alpha value is -8.07. The molecule has 3 heterocycles. The molecule has 0 aliphatic carbocycles. The number of hydrogen-bond acceptors (Lipinski definition) is 3. The number of nitriles is 1. The molecule has 0 atom stereocenters. The quantitative estimate of drug-likeness (QED) is 0.170. The van der Waals surface area contributed by atoms with Gasteiger partial charge in [-0.3, -0.25) is 0 Å². The fourth-order valence-corrected chi connectivity index (χ4v) is 8.98. The van der Waals surface area contributed by atoms with E-state index >= 15 is 0 Å². The lowest BCUT2D eigenvalue weighted by Gasteiger charge is -2.24. The molecule has 0 saturated carbocycles. The summed E-state index contributed by atoms with van der Waals surface area (Å²) in [6.07, 6.45) is 0. The first-order valence-electron chi connectivity index (χ1n) is 19.8. The highest BCUT2D eigenvalue weighted by Gasteiger charge is 2.29. The van der Waals surface area contributed by atoms with Crippen LogP contribution in [0.4, 0.5) is 0 Å². The van der Waals surface area contributed by atoms with Gasteiger partial charge in [-0.05, 0) is 42.8 Å². The molecule has 0 radical (unpaired) electrons. The second-order valence-electron chi connectivity index (χ2n) is 14.9. The summed E-state index contributed by atoms with van der Waals surface area (Å²) in [5, 5.41) is 16.0. The smallest absolute Gasteiger partial charge is 0.162 e. The van der Waals surface area contributed by atoms with Crippen molar-refractivity contribution < 1.29 is 0 Å². The van der Waals surface area contributed by atoms with Crippen LogP contribution in [-0.4, -0.2) is 19.1 Å². The molecular weight excluding hydrogens is 719 g/mol. The van der Waals surface area contributed by atoms with E-state index in [1.165, 1.54) is 0 Å². The fraction of sp³-hybridized carbons (Fsp3) is 0.0185. The van der Waals surface area contributed by atoms with Gasteiger partial charge in [-0.25, -0.2) is 9.97 Å². The van der Waals surface area contributed by atoms with E-state index in [-0.39, 0.29) is 0 Å². The summed E-state index contributed by atoms with van der Waals surface area (Å²) in [5.74, 6) is 0.535. The second-order valence-corrected chi connectivity index (χ2v) is 14.9. The predicted molar refractivity (Wildman–Crippen MR) is 242 cm³/mol. The number of aromatic nitrogens is 4. The molecule has 0 fully saturated rings. The van der Waals surface area contributed by atoms with Gasteiger partial charge in [0.25, 0.3) is 0 Å². The largest absolute Gasteiger partial charge is 0.308 e. The molecule has 8 aromatic carbocycles. The van der Waals surface area contributed by atoms with Crippen molar-refractivity contribution in [2.75, 3.05) is 0 Å². The molecule has 5 heteroatoms. The van der Waals surface area contributed by atoms with Crippen molar-refractivity contribution in [1.82, 2.24) is 19.1 Å². The van der Waals surface area contributed by atoms with E-state index in [0.29, 0.717) is 11.4 Å². The zero-order valence-electron chi connectivity index (χ0n) is 32.2. The summed E-state index contributed by atoms with van der Waals surface area (Å²) in [6, 6.07) is 69.9. The van der Waals surface area contributed by atoms with Gasteiger partial charge >= 0.3 is 0 Å². The molecule has 5 nitrogen and oxygen atoms in total. The number of rotatable bonds is 6. The Morgan fingerprint density at radius 1 is 0.424 bits per heavy atom. The topological polar surface area (TPSA) is 59.4 Å². The van der Waals surface area contributed by atoms with Crippen LogP contribution >= 0.6 is 0 Å². The summed E-state index contributed by atoms with van der Waals surface area (Å²) < 4.78 is 4.65. The fourth-order valence-electron chi connectivity index (χ4n) is 8.98. The second kappa shape index (κ2) is 13.8. The summed E-state index contributed by atoms with van der Waals surface area (Å²) in [5.41, 5.74) is 13.6. The van der Waals surface area contributed by atoms with Gasteiger partial charge < -0.3 is 9.13 Å². The standard InChI is InChI=1S/C54H35N5/c1-35-50(37-21-7-3-8-22-37)56-54(57-51(35)38-23-9-4-10-24-38)44-33-39(34-55)52(58-45-29-15-11-25-40(45)41-26-12-16-30-46(41)58)49(36-19-5-2-6-20-36)53(44)59-47-31-17-13-27-42(47)43-28-14-18-32-48(43)59/h2-33H,1H3. The molecule has 276 valence electrons. The molecule has 0 amide bonds. The number of benzene rings is 8. The maximum absolute atomic E-state index is 11.5. The van der Waals surface area contributed by atoms with Gasteiger partial charge in [0.15, 0.2) is 5.82 Å². The predicted octanol–water partition coefficient (Wildman–Crippen LogP) is 13.5. The number of para-hydroxylation sites is 4. The Balaban J connectivity index is 1.39. The van der Waals surface area contributed by atoms with Gasteiger partial charge in [0.1, 0.15) is 6.07 Å². The minimum Gasteiger partial charge on any atom is -0.308 e. The number of fused-ring (bicyclic) bond motifs is 6. The van der Waals surface area contributed by atoms with Crippen molar-refractivity contribution >= 4 is 43.6 Å². The molecule has 59 heavy (non-hydrogen) atoms. The van der Waals surface area contributed by atoms with Gasteiger partial charge in [0.2, 0.25) is 0 Å². The van der Waals surface area contributed by atoms with Crippen molar-refractivity contribution in [1.29, 1.82) is 5.26 Å². The molecule has 3 aromatic heterocycles. The lowest BCUT2D eigenvalue weighted by molar-refractivity contribution is 1.10. The normalized spacial score (nSPS) is 11.5. The van der Waals surface area contributed by atoms with Crippen molar-refractivity contribution in [3.8, 4) is 62.5 Å². The molecule has 0 aliphatic heterocycles. The SMILES string of the molecule is Cc1c(-c2ccccc2)nc(-c2cc(C#N)c(-n3c4ccccc4c4ccccc43)c(-c3ccccc3)c2-n2c3ccccc3c3ccccc32)nc1-c1ccccc1. The molecule has 0 saturated heterocycles. The van der Waals surface area contributed by atoms with Crippen LogP contribution in [0.1, 0.15) is 11.1 Å². The van der Waals surface area contributed by atoms with E-state index in [2.05, 4.69) is 168 Å². The highest BCUT2D eigenvalue weighted by molar-refractivity contribution is 6.13. The Bertz CT molecular complexity index is 3280. The summed E-state index contributed by atoms with van der Waals surface area (Å²) in [4.78, 5) is 11.0. The Kier molecular flexibility index (Phi) is 8.02. The molecular formula is C54H35N5. The third kappa shape index (κ3) is 5.39. The first-order chi connectivity index (χ1) is 29.2. The van der Waals surface area contributed by atoms with Crippen LogP contribution < -0.4 is 0 Å². The van der Waals surface area contributed by atoms with Gasteiger partial charge in [0.05, 0.1) is 50.4 Å². The summed E-state index contributed by atoms with van der Waals surface area (Å²) in [6.45, 7) is 2.10. The average Bonchev–Trinajstić information content (AvgIpc) is 3.82. The van der Waals surface area contributed by atoms with Crippen molar-refractivity contribution in [3.63, 3.8) is 0 Å². The Morgan fingerprint density at radius 3 is 1.19 bits per heavy atom. The maximum Gasteiger partial charge on any atom is 0.162 e. The van der Waals surface area contributed by atoms with E-state index in [4.69, 9.17) is 9.97 Å². The van der Waals surface area contributed by atoms with Gasteiger partial charge in [-0.2, -0.15) is 5.26 Å². The highest BCUT2D eigenvalue weighted by Crippen LogP contribution is 2.47. The molecule has 11 aromatic rings. The van der Waals surface area contributed by atoms with Gasteiger partial charge in [-0.15, -0.1) is 0 Å². The Labute approximate surface area is 341 Å². The van der Waals surface area contributed by atoms with E-state index in [0.717, 1.165) is 99.8 Å². The van der Waals surface area contributed by atoms with Crippen LogP contribution in [0.5, 0.6) is 0 Å². The van der Waals surface area contributed by atoms with E-state index in [9.17, 15) is 5.26 Å². The van der Waals surface area contributed by atoms with Crippen molar-refractivity contribution in [3.05, 3.63) is 205 Å². The van der Waals surface area contributed by atoms with Gasteiger partial charge in [0, 0.05) is 49.4 Å².